The summed E-state index contributed by atoms with van der Waals surface area (Å²) in [6.45, 7) is 7.44. The van der Waals surface area contributed by atoms with Crippen molar-refractivity contribution in [2.24, 2.45) is 5.10 Å². The number of para-hydroxylation sites is 1. The predicted molar refractivity (Wildman–Crippen MR) is 117 cm³/mol. The summed E-state index contributed by atoms with van der Waals surface area (Å²) in [5, 5.41) is 4.02. The van der Waals surface area contributed by atoms with Crippen LogP contribution in [-0.4, -0.2) is 28.8 Å². The lowest BCUT2D eigenvalue weighted by atomic mass is 10.1. The highest BCUT2D eigenvalue weighted by atomic mass is 19.1. The highest BCUT2D eigenvalue weighted by Gasteiger charge is 2.18. The van der Waals surface area contributed by atoms with Gasteiger partial charge in [0.15, 0.2) is 0 Å². The van der Waals surface area contributed by atoms with Crippen LogP contribution in [0.2, 0.25) is 0 Å². The molecule has 0 spiro atoms. The van der Waals surface area contributed by atoms with Crippen LogP contribution in [0.4, 0.5) is 4.39 Å². The number of aryl methyl sites for hydroxylation is 1. The van der Waals surface area contributed by atoms with Crippen molar-refractivity contribution in [3.8, 4) is 5.69 Å². The van der Waals surface area contributed by atoms with Crippen LogP contribution in [0.3, 0.4) is 0 Å². The predicted octanol–water partition coefficient (Wildman–Crippen LogP) is 4.56. The topological polar surface area (TPSA) is 72.7 Å². The number of carbonyl (C=O) groups excluding carboxylic acids is 2. The first-order valence-electron chi connectivity index (χ1n) is 9.86. The molecule has 0 saturated heterocycles. The highest BCUT2D eigenvalue weighted by Crippen LogP contribution is 2.23. The van der Waals surface area contributed by atoms with E-state index in [1.54, 1.807) is 12.1 Å². The molecule has 160 valence electrons. The fourth-order valence-electron chi connectivity index (χ4n) is 3.23. The van der Waals surface area contributed by atoms with E-state index in [2.05, 4.69) is 10.5 Å². The number of nitrogens with one attached hydrogen (secondary N) is 1. The third-order valence-electron chi connectivity index (χ3n) is 4.65. The summed E-state index contributed by atoms with van der Waals surface area (Å²) < 4.78 is 20.3. The van der Waals surface area contributed by atoms with Crippen molar-refractivity contribution >= 4 is 18.1 Å². The Bertz CT molecular complexity index is 1130. The normalized spacial score (nSPS) is 11.2. The number of rotatable bonds is 6. The number of carbonyl (C=O) groups is 2. The molecule has 1 N–H and O–H groups in total. The first-order chi connectivity index (χ1) is 14.8. The summed E-state index contributed by atoms with van der Waals surface area (Å²) in [5.74, 6) is -1.24. The first-order valence-corrected chi connectivity index (χ1v) is 9.86. The minimum absolute atomic E-state index is 0.222. The number of hydrazone groups is 1. The van der Waals surface area contributed by atoms with E-state index in [0.717, 1.165) is 17.0 Å². The molecule has 3 rings (SSSR count). The summed E-state index contributed by atoms with van der Waals surface area (Å²) in [7, 11) is 0. The Morgan fingerprint density at radius 3 is 2.45 bits per heavy atom. The summed E-state index contributed by atoms with van der Waals surface area (Å²) in [5.41, 5.74) is 6.44. The summed E-state index contributed by atoms with van der Waals surface area (Å²) >= 11 is 0. The second kappa shape index (κ2) is 9.38. The number of hydrogen-bond acceptors (Lipinski definition) is 4. The van der Waals surface area contributed by atoms with E-state index >= 15 is 0 Å². The molecule has 3 aromatic rings. The second-order valence-corrected chi connectivity index (χ2v) is 7.34. The van der Waals surface area contributed by atoms with Gasteiger partial charge in [0.1, 0.15) is 5.82 Å². The monoisotopic (exact) mass is 421 g/mol. The molecule has 0 saturated carbocycles. The molecule has 31 heavy (non-hydrogen) atoms. The van der Waals surface area contributed by atoms with E-state index < -0.39 is 11.7 Å². The molecule has 0 aliphatic heterocycles. The standard InChI is InChI=1S/C24H24FN3O3/c1-15(2)31-24(30)21-7-5-6-8-22(21)28-16(3)13-19(17(28)4)14-26-27-23(29)18-9-11-20(25)12-10-18/h5-15H,1-4H3,(H,27,29)/b26-14-. The molecule has 0 radical (unpaired) electrons. The van der Waals surface area contributed by atoms with E-state index in [1.165, 1.54) is 30.5 Å². The van der Waals surface area contributed by atoms with E-state index in [0.29, 0.717) is 16.8 Å². The summed E-state index contributed by atoms with van der Waals surface area (Å²) in [4.78, 5) is 24.7. The number of nitrogens with zero attached hydrogens (tertiary/aromatic N) is 2. The van der Waals surface area contributed by atoms with E-state index in [-0.39, 0.29) is 12.1 Å². The minimum atomic E-state index is -0.438. The van der Waals surface area contributed by atoms with E-state index in [4.69, 9.17) is 4.74 Å². The Morgan fingerprint density at radius 2 is 1.77 bits per heavy atom. The van der Waals surface area contributed by atoms with Crippen LogP contribution in [0.25, 0.3) is 5.69 Å². The Hall–Kier alpha value is -3.74. The van der Waals surface area contributed by atoms with E-state index in [9.17, 15) is 14.0 Å². The smallest absolute Gasteiger partial charge is 0.340 e. The molecular formula is C24H24FN3O3. The van der Waals surface area contributed by atoms with E-state index in [1.807, 2.05) is 50.5 Å². The van der Waals surface area contributed by atoms with Gasteiger partial charge >= 0.3 is 5.97 Å². The van der Waals surface area contributed by atoms with Gasteiger partial charge in [-0.15, -0.1) is 0 Å². The molecule has 0 atom stereocenters. The SMILES string of the molecule is Cc1cc(/C=N\NC(=O)c2ccc(F)cc2)c(C)n1-c1ccccc1C(=O)OC(C)C. The lowest BCUT2D eigenvalue weighted by molar-refractivity contribution is 0.0378. The maximum absolute atomic E-state index is 13.0. The van der Waals surface area contributed by atoms with Crippen molar-refractivity contribution in [1.82, 2.24) is 9.99 Å². The number of aromatic nitrogens is 1. The molecule has 6 nitrogen and oxygen atoms in total. The number of amides is 1. The van der Waals surface area contributed by atoms with Crippen molar-refractivity contribution in [3.05, 3.63) is 88.5 Å². The van der Waals surface area contributed by atoms with Gasteiger partial charge in [0.05, 0.1) is 23.6 Å². The molecule has 0 aliphatic rings. The minimum Gasteiger partial charge on any atom is -0.459 e. The quantitative estimate of drug-likeness (QED) is 0.360. The van der Waals surface area contributed by atoms with Gasteiger partial charge in [0, 0.05) is 22.5 Å². The van der Waals surface area contributed by atoms with Crippen molar-refractivity contribution in [3.63, 3.8) is 0 Å². The number of esters is 1. The molecule has 0 bridgehead atoms. The molecule has 0 unspecified atom stereocenters. The van der Waals surface area contributed by atoms with Gasteiger partial charge in [0.25, 0.3) is 5.91 Å². The molecule has 2 aromatic carbocycles. The van der Waals surface area contributed by atoms with Crippen molar-refractivity contribution in [1.29, 1.82) is 0 Å². The van der Waals surface area contributed by atoms with Gasteiger partial charge in [0.2, 0.25) is 0 Å². The summed E-state index contributed by atoms with van der Waals surface area (Å²) in [6, 6.07) is 14.4. The van der Waals surface area contributed by atoms with Gasteiger partial charge < -0.3 is 9.30 Å². The van der Waals surface area contributed by atoms with Crippen LogP contribution in [0.1, 0.15) is 51.5 Å². The van der Waals surface area contributed by atoms with Gasteiger partial charge in [-0.25, -0.2) is 14.6 Å². The fraction of sp³-hybridized carbons (Fsp3) is 0.208. The fourth-order valence-corrected chi connectivity index (χ4v) is 3.23. The molecule has 0 aliphatic carbocycles. The Morgan fingerprint density at radius 1 is 1.10 bits per heavy atom. The third-order valence-corrected chi connectivity index (χ3v) is 4.65. The number of ether oxygens (including phenoxy) is 1. The molecule has 1 amide bonds. The third kappa shape index (κ3) is 5.06. The van der Waals surface area contributed by atoms with Crippen molar-refractivity contribution < 1.29 is 18.7 Å². The first kappa shape index (κ1) is 22.0. The largest absolute Gasteiger partial charge is 0.459 e. The van der Waals surface area contributed by atoms with Crippen LogP contribution in [-0.2, 0) is 4.74 Å². The average molecular weight is 421 g/mol. The van der Waals surface area contributed by atoms with Crippen LogP contribution in [0.5, 0.6) is 0 Å². The summed E-state index contributed by atoms with van der Waals surface area (Å²) in [6.07, 6.45) is 1.31. The highest BCUT2D eigenvalue weighted by molar-refractivity contribution is 5.95. The lowest BCUT2D eigenvalue weighted by Gasteiger charge is -2.15. The number of hydrogen-bond donors (Lipinski definition) is 1. The van der Waals surface area contributed by atoms with Crippen LogP contribution < -0.4 is 5.43 Å². The molecule has 0 fully saturated rings. The molecular weight excluding hydrogens is 397 g/mol. The number of halogens is 1. The van der Waals surface area contributed by atoms with Crippen molar-refractivity contribution in [2.45, 2.75) is 33.8 Å². The van der Waals surface area contributed by atoms with Gasteiger partial charge in [-0.3, -0.25) is 4.79 Å². The lowest BCUT2D eigenvalue weighted by Crippen LogP contribution is -2.17. The Kier molecular flexibility index (Phi) is 6.65. The Labute approximate surface area is 180 Å². The molecule has 1 aromatic heterocycles. The number of benzene rings is 2. The van der Waals surface area contributed by atoms with Crippen LogP contribution in [0, 0.1) is 19.7 Å². The zero-order valence-electron chi connectivity index (χ0n) is 17.8. The van der Waals surface area contributed by atoms with Gasteiger partial charge in [-0.1, -0.05) is 12.1 Å². The Balaban J connectivity index is 1.85. The molecule has 7 heteroatoms. The van der Waals surface area contributed by atoms with Crippen LogP contribution in [0.15, 0.2) is 59.7 Å². The van der Waals surface area contributed by atoms with Crippen LogP contribution >= 0.6 is 0 Å². The van der Waals surface area contributed by atoms with Gasteiger partial charge in [-0.05, 0) is 70.2 Å². The maximum Gasteiger partial charge on any atom is 0.340 e. The molecule has 1 heterocycles. The maximum atomic E-state index is 13.0. The second-order valence-electron chi connectivity index (χ2n) is 7.34. The van der Waals surface area contributed by atoms with Crippen molar-refractivity contribution in [2.75, 3.05) is 0 Å². The average Bonchev–Trinajstić information content (AvgIpc) is 3.01. The zero-order valence-corrected chi connectivity index (χ0v) is 17.8. The zero-order chi connectivity index (χ0) is 22.5. The van der Waals surface area contributed by atoms with Gasteiger partial charge in [-0.2, -0.15) is 5.10 Å².